The van der Waals surface area contributed by atoms with Gasteiger partial charge in [0.1, 0.15) is 17.6 Å². The van der Waals surface area contributed by atoms with Crippen molar-refractivity contribution in [3.63, 3.8) is 0 Å². The van der Waals surface area contributed by atoms with Crippen LogP contribution in [-0.4, -0.2) is 42.6 Å². The first kappa shape index (κ1) is 12.7. The highest BCUT2D eigenvalue weighted by molar-refractivity contribution is 5.84. The van der Waals surface area contributed by atoms with E-state index in [9.17, 15) is 4.79 Å². The Kier molecular flexibility index (Phi) is 3.57. The van der Waals surface area contributed by atoms with Crippen LogP contribution in [0.1, 0.15) is 24.4 Å². The van der Waals surface area contributed by atoms with Crippen molar-refractivity contribution in [2.24, 2.45) is 0 Å². The molecule has 104 valence electrons. The second kappa shape index (κ2) is 5.35. The topological polar surface area (TPSA) is 54.5 Å². The maximum Gasteiger partial charge on any atom is 0.238 e. The molecule has 2 aliphatic heterocycles. The third-order valence-electron chi connectivity index (χ3n) is 3.70. The first-order valence-corrected chi connectivity index (χ1v) is 6.91. The Morgan fingerprint density at radius 2 is 2.42 bits per heavy atom. The lowest BCUT2D eigenvalue weighted by molar-refractivity contribution is -0.121. The van der Waals surface area contributed by atoms with Gasteiger partial charge in [-0.25, -0.2) is 0 Å². The van der Waals surface area contributed by atoms with E-state index in [1.165, 1.54) is 0 Å². The number of hydrogen-bond donors (Lipinski definition) is 1. The average molecular weight is 264 g/mol. The molecule has 0 saturated carbocycles. The van der Waals surface area contributed by atoms with Gasteiger partial charge in [0.15, 0.2) is 0 Å². The molecule has 3 rings (SSSR count). The molecular formula is C14H20N2O3. The van der Waals surface area contributed by atoms with E-state index < -0.39 is 0 Å². The first-order valence-electron chi connectivity index (χ1n) is 6.91. The summed E-state index contributed by atoms with van der Waals surface area (Å²) in [6, 6.07) is 3.92. The Hall–Kier alpha value is -1.33. The van der Waals surface area contributed by atoms with Crippen molar-refractivity contribution in [2.45, 2.75) is 38.5 Å². The van der Waals surface area contributed by atoms with Crippen LogP contribution in [0.15, 0.2) is 16.5 Å². The second-order valence-corrected chi connectivity index (χ2v) is 5.34. The van der Waals surface area contributed by atoms with Crippen LogP contribution in [0.3, 0.4) is 0 Å². The average Bonchev–Trinajstić information content (AvgIpc) is 2.78. The fraction of sp³-hybridized carbons (Fsp3) is 0.643. The van der Waals surface area contributed by atoms with Crippen molar-refractivity contribution in [3.05, 3.63) is 23.7 Å². The van der Waals surface area contributed by atoms with Gasteiger partial charge in [-0.15, -0.1) is 0 Å². The van der Waals surface area contributed by atoms with Crippen LogP contribution in [0, 0.1) is 6.92 Å². The molecule has 2 fully saturated rings. The highest BCUT2D eigenvalue weighted by atomic mass is 16.5. The smallest absolute Gasteiger partial charge is 0.238 e. The maximum absolute atomic E-state index is 11.9. The lowest BCUT2D eigenvalue weighted by Crippen LogP contribution is -2.35. The van der Waals surface area contributed by atoms with Gasteiger partial charge in [0.2, 0.25) is 5.91 Å². The Morgan fingerprint density at radius 3 is 3.11 bits per heavy atom. The van der Waals surface area contributed by atoms with Crippen LogP contribution in [-0.2, 0) is 16.1 Å². The number of aryl methyl sites for hydroxylation is 1. The summed E-state index contributed by atoms with van der Waals surface area (Å²) in [4.78, 5) is 14.0. The molecule has 0 aromatic carbocycles. The summed E-state index contributed by atoms with van der Waals surface area (Å²) in [5, 5.41) is 2.97. The number of carbonyl (C=O) groups excluding carboxylic acids is 1. The number of carbonyl (C=O) groups is 1. The van der Waals surface area contributed by atoms with Crippen molar-refractivity contribution < 1.29 is 13.9 Å². The van der Waals surface area contributed by atoms with Gasteiger partial charge in [-0.1, -0.05) is 0 Å². The maximum atomic E-state index is 11.9. The summed E-state index contributed by atoms with van der Waals surface area (Å²) >= 11 is 0. The molecule has 3 heterocycles. The predicted molar refractivity (Wildman–Crippen MR) is 69.6 cm³/mol. The Bertz CT molecular complexity index is 451. The SMILES string of the molecule is Cc1ccc(CN2CC2C(=O)NCC2CCCO2)o1. The number of nitrogens with one attached hydrogen (secondary N) is 1. The second-order valence-electron chi connectivity index (χ2n) is 5.34. The van der Waals surface area contributed by atoms with Crippen molar-refractivity contribution >= 4 is 5.91 Å². The third-order valence-corrected chi connectivity index (χ3v) is 3.70. The largest absolute Gasteiger partial charge is 0.465 e. The Balaban J connectivity index is 1.40. The van der Waals surface area contributed by atoms with Gasteiger partial charge in [0.05, 0.1) is 12.6 Å². The molecule has 0 spiro atoms. The molecule has 3 unspecified atom stereocenters. The van der Waals surface area contributed by atoms with Crippen molar-refractivity contribution in [3.8, 4) is 0 Å². The number of ether oxygens (including phenoxy) is 1. The minimum atomic E-state index is 0.00630. The van der Waals surface area contributed by atoms with Gasteiger partial charge >= 0.3 is 0 Å². The summed E-state index contributed by atoms with van der Waals surface area (Å²) in [6.07, 6.45) is 2.37. The van der Waals surface area contributed by atoms with E-state index >= 15 is 0 Å². The van der Waals surface area contributed by atoms with E-state index in [0.717, 1.165) is 37.5 Å². The lowest BCUT2D eigenvalue weighted by Gasteiger charge is -2.10. The van der Waals surface area contributed by atoms with Gasteiger partial charge in [0.25, 0.3) is 0 Å². The van der Waals surface area contributed by atoms with Gasteiger partial charge in [-0.05, 0) is 31.9 Å². The molecule has 0 bridgehead atoms. The molecule has 1 N–H and O–H groups in total. The number of rotatable bonds is 5. The predicted octanol–water partition coefficient (Wildman–Crippen LogP) is 1.07. The van der Waals surface area contributed by atoms with E-state index in [1.807, 2.05) is 19.1 Å². The minimum absolute atomic E-state index is 0.00630. The van der Waals surface area contributed by atoms with E-state index in [2.05, 4.69) is 10.2 Å². The molecule has 2 saturated heterocycles. The molecule has 1 aromatic rings. The molecule has 2 aliphatic rings. The summed E-state index contributed by atoms with van der Waals surface area (Å²) < 4.78 is 11.0. The van der Waals surface area contributed by atoms with E-state index in [1.54, 1.807) is 0 Å². The van der Waals surface area contributed by atoms with Gasteiger partial charge in [-0.2, -0.15) is 0 Å². The number of nitrogens with zero attached hydrogens (tertiary/aromatic N) is 1. The monoisotopic (exact) mass is 264 g/mol. The standard InChI is InChI=1S/C14H20N2O3/c1-10-4-5-12(19-10)8-16-9-13(16)14(17)15-7-11-3-2-6-18-11/h4-5,11,13H,2-3,6-9H2,1H3,(H,15,17). The van der Waals surface area contributed by atoms with E-state index in [0.29, 0.717) is 13.1 Å². The quantitative estimate of drug-likeness (QED) is 0.808. The summed E-state index contributed by atoms with van der Waals surface area (Å²) in [6.45, 7) is 4.93. The molecule has 5 nitrogen and oxygen atoms in total. The highest BCUT2D eigenvalue weighted by Crippen LogP contribution is 2.22. The number of hydrogen-bond acceptors (Lipinski definition) is 4. The van der Waals surface area contributed by atoms with Gasteiger partial charge in [0, 0.05) is 19.7 Å². The molecule has 1 aromatic heterocycles. The molecule has 0 radical (unpaired) electrons. The number of furan rings is 1. The van der Waals surface area contributed by atoms with Gasteiger partial charge in [-0.3, -0.25) is 9.69 Å². The zero-order valence-electron chi connectivity index (χ0n) is 11.2. The summed E-state index contributed by atoms with van der Waals surface area (Å²) in [5.74, 6) is 1.95. The van der Waals surface area contributed by atoms with Crippen LogP contribution in [0.25, 0.3) is 0 Å². The zero-order chi connectivity index (χ0) is 13.2. The molecular weight excluding hydrogens is 244 g/mol. The van der Waals surface area contributed by atoms with Crippen molar-refractivity contribution in [1.82, 2.24) is 10.2 Å². The fourth-order valence-electron chi connectivity index (χ4n) is 2.51. The normalized spacial score (nSPS) is 29.4. The highest BCUT2D eigenvalue weighted by Gasteiger charge is 2.40. The van der Waals surface area contributed by atoms with E-state index in [-0.39, 0.29) is 18.1 Å². The van der Waals surface area contributed by atoms with Crippen LogP contribution in [0.2, 0.25) is 0 Å². The molecule has 1 amide bonds. The fourth-order valence-corrected chi connectivity index (χ4v) is 2.51. The van der Waals surface area contributed by atoms with Crippen LogP contribution in [0.5, 0.6) is 0 Å². The van der Waals surface area contributed by atoms with Crippen molar-refractivity contribution in [1.29, 1.82) is 0 Å². The Labute approximate surface area is 112 Å². The molecule has 0 aliphatic carbocycles. The third kappa shape index (κ3) is 3.16. The van der Waals surface area contributed by atoms with Crippen molar-refractivity contribution in [2.75, 3.05) is 19.7 Å². The van der Waals surface area contributed by atoms with E-state index in [4.69, 9.17) is 9.15 Å². The summed E-state index contributed by atoms with van der Waals surface area (Å²) in [7, 11) is 0. The van der Waals surface area contributed by atoms with Crippen LogP contribution in [0.4, 0.5) is 0 Å². The van der Waals surface area contributed by atoms with Crippen LogP contribution >= 0.6 is 0 Å². The van der Waals surface area contributed by atoms with Crippen LogP contribution < -0.4 is 5.32 Å². The first-order chi connectivity index (χ1) is 9.22. The zero-order valence-corrected chi connectivity index (χ0v) is 11.2. The molecule has 19 heavy (non-hydrogen) atoms. The Morgan fingerprint density at radius 1 is 1.53 bits per heavy atom. The minimum Gasteiger partial charge on any atom is -0.465 e. The van der Waals surface area contributed by atoms with Gasteiger partial charge < -0.3 is 14.5 Å². The molecule has 3 atom stereocenters. The molecule has 5 heteroatoms. The summed E-state index contributed by atoms with van der Waals surface area (Å²) in [5.41, 5.74) is 0. The lowest BCUT2D eigenvalue weighted by atomic mass is 10.2. The number of amides is 1.